The molecule has 0 unspecified atom stereocenters. The molecule has 0 spiro atoms. The summed E-state index contributed by atoms with van der Waals surface area (Å²) >= 11 is 0. The number of fused-ring (bicyclic) bond motifs is 1. The topological polar surface area (TPSA) is 47.4 Å². The zero-order valence-electron chi connectivity index (χ0n) is 16.0. The highest BCUT2D eigenvalue weighted by Gasteiger charge is 2.25. The third-order valence-electron chi connectivity index (χ3n) is 5.31. The fourth-order valence-corrected chi connectivity index (χ4v) is 3.81. The number of morpholine rings is 1. The number of aromatic nitrogens is 2. The van der Waals surface area contributed by atoms with Gasteiger partial charge in [-0.2, -0.15) is 5.10 Å². The first kappa shape index (κ1) is 17.6. The Morgan fingerprint density at radius 1 is 0.862 bits per heavy atom. The number of ether oxygens (including phenoxy) is 1. The molecule has 0 aliphatic carbocycles. The molecule has 29 heavy (non-hydrogen) atoms. The van der Waals surface area contributed by atoms with Crippen molar-refractivity contribution in [1.82, 2.24) is 14.7 Å². The maximum atomic E-state index is 13.4. The predicted octanol–water partition coefficient (Wildman–Crippen LogP) is 4.16. The number of amides is 1. The van der Waals surface area contributed by atoms with Crippen molar-refractivity contribution in [2.24, 2.45) is 0 Å². The quantitative estimate of drug-likeness (QED) is 0.534. The van der Waals surface area contributed by atoms with Crippen LogP contribution in [0.4, 0.5) is 0 Å². The molecular formula is C24H21N3O2. The lowest BCUT2D eigenvalue weighted by Crippen LogP contribution is -2.40. The standard InChI is InChI=1S/C24H21N3O2/c28-24(26-13-15-29-16-14-26)22-17-27(19-9-2-1-3-10-19)25-23(22)21-12-6-8-18-7-4-5-11-20(18)21/h1-12,17H,13-16H2. The van der Waals surface area contributed by atoms with E-state index in [-0.39, 0.29) is 5.91 Å². The van der Waals surface area contributed by atoms with Gasteiger partial charge in [-0.15, -0.1) is 0 Å². The van der Waals surface area contributed by atoms with E-state index in [0.717, 1.165) is 22.0 Å². The van der Waals surface area contributed by atoms with Crippen LogP contribution in [-0.4, -0.2) is 46.9 Å². The number of nitrogens with zero attached hydrogens (tertiary/aromatic N) is 3. The molecule has 0 saturated carbocycles. The molecule has 3 aromatic carbocycles. The molecule has 1 saturated heterocycles. The summed E-state index contributed by atoms with van der Waals surface area (Å²) in [6.07, 6.45) is 1.85. The molecule has 0 radical (unpaired) electrons. The Morgan fingerprint density at radius 3 is 2.41 bits per heavy atom. The van der Waals surface area contributed by atoms with Gasteiger partial charge in [-0.1, -0.05) is 60.7 Å². The van der Waals surface area contributed by atoms with E-state index in [1.807, 2.05) is 65.7 Å². The van der Waals surface area contributed by atoms with Gasteiger partial charge in [0, 0.05) is 24.8 Å². The Bertz CT molecular complexity index is 1160. The third kappa shape index (κ3) is 3.30. The summed E-state index contributed by atoms with van der Waals surface area (Å²) in [6, 6.07) is 24.2. The molecule has 0 bridgehead atoms. The minimum Gasteiger partial charge on any atom is -0.378 e. The number of hydrogen-bond acceptors (Lipinski definition) is 3. The number of rotatable bonds is 3. The van der Waals surface area contributed by atoms with E-state index in [1.54, 1.807) is 4.68 Å². The summed E-state index contributed by atoms with van der Waals surface area (Å²) in [5.41, 5.74) is 3.22. The second-order valence-electron chi connectivity index (χ2n) is 7.10. The first-order valence-corrected chi connectivity index (χ1v) is 9.81. The average Bonchev–Trinajstić information content (AvgIpc) is 3.24. The number of para-hydroxylation sites is 1. The molecule has 1 aromatic heterocycles. The highest BCUT2D eigenvalue weighted by Crippen LogP contribution is 2.31. The Kier molecular flexibility index (Phi) is 4.58. The first-order chi connectivity index (χ1) is 14.3. The molecule has 0 N–H and O–H groups in total. The van der Waals surface area contributed by atoms with Gasteiger partial charge in [-0.05, 0) is 22.9 Å². The molecule has 1 aliphatic rings. The summed E-state index contributed by atoms with van der Waals surface area (Å²) in [4.78, 5) is 15.2. The average molecular weight is 383 g/mol. The van der Waals surface area contributed by atoms with Gasteiger partial charge in [0.1, 0.15) is 5.69 Å². The lowest BCUT2D eigenvalue weighted by atomic mass is 9.99. The highest BCUT2D eigenvalue weighted by molar-refractivity contribution is 6.05. The van der Waals surface area contributed by atoms with E-state index < -0.39 is 0 Å². The van der Waals surface area contributed by atoms with Crippen molar-refractivity contribution in [2.45, 2.75) is 0 Å². The second kappa shape index (κ2) is 7.53. The Hall–Kier alpha value is -3.44. The minimum absolute atomic E-state index is 0.00147. The van der Waals surface area contributed by atoms with E-state index in [4.69, 9.17) is 9.84 Å². The maximum Gasteiger partial charge on any atom is 0.257 e. The van der Waals surface area contributed by atoms with Crippen LogP contribution in [0.15, 0.2) is 79.0 Å². The monoisotopic (exact) mass is 383 g/mol. The number of carbonyl (C=O) groups is 1. The van der Waals surface area contributed by atoms with Crippen LogP contribution in [0.3, 0.4) is 0 Å². The van der Waals surface area contributed by atoms with Gasteiger partial charge in [0.2, 0.25) is 0 Å². The van der Waals surface area contributed by atoms with Gasteiger partial charge in [-0.25, -0.2) is 4.68 Å². The Morgan fingerprint density at radius 2 is 1.59 bits per heavy atom. The molecule has 4 aromatic rings. The van der Waals surface area contributed by atoms with E-state index >= 15 is 0 Å². The molecule has 1 amide bonds. The first-order valence-electron chi connectivity index (χ1n) is 9.81. The molecular weight excluding hydrogens is 362 g/mol. The molecule has 5 heteroatoms. The van der Waals surface area contributed by atoms with Crippen LogP contribution in [0.2, 0.25) is 0 Å². The van der Waals surface area contributed by atoms with Crippen molar-refractivity contribution in [3.05, 3.63) is 84.6 Å². The largest absolute Gasteiger partial charge is 0.378 e. The summed E-state index contributed by atoms with van der Waals surface area (Å²) in [5, 5.41) is 7.07. The number of carbonyl (C=O) groups excluding carboxylic acids is 1. The molecule has 0 atom stereocenters. The lowest BCUT2D eigenvalue weighted by Gasteiger charge is -2.26. The minimum atomic E-state index is -0.00147. The summed E-state index contributed by atoms with van der Waals surface area (Å²) in [6.45, 7) is 2.35. The lowest BCUT2D eigenvalue weighted by molar-refractivity contribution is 0.0303. The molecule has 144 valence electrons. The Balaban J connectivity index is 1.68. The van der Waals surface area contributed by atoms with Gasteiger partial charge < -0.3 is 9.64 Å². The smallest absolute Gasteiger partial charge is 0.257 e. The van der Waals surface area contributed by atoms with Crippen LogP contribution < -0.4 is 0 Å². The van der Waals surface area contributed by atoms with Crippen molar-refractivity contribution in [1.29, 1.82) is 0 Å². The van der Waals surface area contributed by atoms with Crippen molar-refractivity contribution >= 4 is 16.7 Å². The fraction of sp³-hybridized carbons (Fsp3) is 0.167. The van der Waals surface area contributed by atoms with Crippen molar-refractivity contribution in [2.75, 3.05) is 26.3 Å². The Labute approximate surface area is 169 Å². The van der Waals surface area contributed by atoms with E-state index in [9.17, 15) is 4.79 Å². The molecule has 2 heterocycles. The normalized spacial score (nSPS) is 14.3. The summed E-state index contributed by atoms with van der Waals surface area (Å²) < 4.78 is 7.21. The van der Waals surface area contributed by atoms with E-state index in [2.05, 4.69) is 18.2 Å². The van der Waals surface area contributed by atoms with Crippen LogP contribution in [0.25, 0.3) is 27.7 Å². The van der Waals surface area contributed by atoms with Crippen LogP contribution in [-0.2, 0) is 4.74 Å². The fourth-order valence-electron chi connectivity index (χ4n) is 3.81. The number of benzene rings is 3. The second-order valence-corrected chi connectivity index (χ2v) is 7.10. The zero-order valence-corrected chi connectivity index (χ0v) is 16.0. The molecule has 1 aliphatic heterocycles. The van der Waals surface area contributed by atoms with Crippen molar-refractivity contribution in [3.63, 3.8) is 0 Å². The summed E-state index contributed by atoms with van der Waals surface area (Å²) in [7, 11) is 0. The number of hydrogen-bond donors (Lipinski definition) is 0. The van der Waals surface area contributed by atoms with Gasteiger partial charge in [0.05, 0.1) is 24.5 Å². The van der Waals surface area contributed by atoms with Crippen LogP contribution in [0, 0.1) is 0 Å². The molecule has 5 rings (SSSR count). The van der Waals surface area contributed by atoms with Gasteiger partial charge in [0.25, 0.3) is 5.91 Å². The SMILES string of the molecule is O=C(c1cn(-c2ccccc2)nc1-c1cccc2ccccc12)N1CCOCC1. The van der Waals surface area contributed by atoms with Gasteiger partial charge >= 0.3 is 0 Å². The maximum absolute atomic E-state index is 13.4. The van der Waals surface area contributed by atoms with Crippen molar-refractivity contribution < 1.29 is 9.53 Å². The molecule has 1 fully saturated rings. The third-order valence-corrected chi connectivity index (χ3v) is 5.31. The van der Waals surface area contributed by atoms with Crippen LogP contribution in [0.1, 0.15) is 10.4 Å². The highest BCUT2D eigenvalue weighted by atomic mass is 16.5. The zero-order chi connectivity index (χ0) is 19.6. The predicted molar refractivity (Wildman–Crippen MR) is 113 cm³/mol. The summed E-state index contributed by atoms with van der Waals surface area (Å²) in [5.74, 6) is -0.00147. The van der Waals surface area contributed by atoms with Gasteiger partial charge in [0.15, 0.2) is 0 Å². The van der Waals surface area contributed by atoms with Crippen LogP contribution in [0.5, 0.6) is 0 Å². The van der Waals surface area contributed by atoms with Crippen LogP contribution >= 0.6 is 0 Å². The van der Waals surface area contributed by atoms with Gasteiger partial charge in [-0.3, -0.25) is 4.79 Å². The molecule has 5 nitrogen and oxygen atoms in total. The van der Waals surface area contributed by atoms with E-state index in [1.165, 1.54) is 0 Å². The van der Waals surface area contributed by atoms with Crippen molar-refractivity contribution in [3.8, 4) is 16.9 Å². The van der Waals surface area contributed by atoms with E-state index in [0.29, 0.717) is 37.6 Å².